The number of aryl methyl sites for hydroxylation is 1. The molecule has 0 aliphatic heterocycles. The van der Waals surface area contributed by atoms with Crippen LogP contribution in [-0.2, 0) is 11.2 Å². The highest BCUT2D eigenvalue weighted by atomic mass is 19.1. The predicted molar refractivity (Wildman–Crippen MR) is 64.7 cm³/mol. The van der Waals surface area contributed by atoms with Crippen LogP contribution in [0.15, 0.2) is 12.1 Å². The van der Waals surface area contributed by atoms with Crippen LogP contribution in [0, 0.1) is 5.82 Å². The van der Waals surface area contributed by atoms with Crippen LogP contribution < -0.4 is 9.47 Å². The van der Waals surface area contributed by atoms with E-state index in [0.717, 1.165) is 0 Å². The number of benzene rings is 1. The normalized spacial score (nSPS) is 10.2. The number of rotatable bonds is 7. The zero-order chi connectivity index (χ0) is 13.5. The molecular formula is C13H17FO4. The van der Waals surface area contributed by atoms with E-state index in [2.05, 4.69) is 0 Å². The number of aliphatic carboxylic acids is 1. The fraction of sp³-hybridized carbons (Fsp3) is 0.462. The van der Waals surface area contributed by atoms with Crippen LogP contribution in [0.1, 0.15) is 24.8 Å². The van der Waals surface area contributed by atoms with Gasteiger partial charge in [-0.05, 0) is 30.9 Å². The number of hydrogen-bond acceptors (Lipinski definition) is 3. The molecule has 0 aromatic heterocycles. The summed E-state index contributed by atoms with van der Waals surface area (Å²) in [5, 5.41) is 8.51. The molecule has 0 saturated carbocycles. The zero-order valence-electron chi connectivity index (χ0n) is 10.5. The summed E-state index contributed by atoms with van der Waals surface area (Å²) in [6.07, 6.45) is 1.75. The van der Waals surface area contributed by atoms with Crippen molar-refractivity contribution in [1.29, 1.82) is 0 Å². The Hall–Kier alpha value is -1.78. The predicted octanol–water partition coefficient (Wildman–Crippen LogP) is 2.64. The summed E-state index contributed by atoms with van der Waals surface area (Å²) in [5.41, 5.74) is 0.512. The molecular weight excluding hydrogens is 239 g/mol. The first-order valence-corrected chi connectivity index (χ1v) is 5.71. The third kappa shape index (κ3) is 3.61. The lowest BCUT2D eigenvalue weighted by Crippen LogP contribution is -1.99. The second-order valence-corrected chi connectivity index (χ2v) is 3.88. The molecule has 0 atom stereocenters. The van der Waals surface area contributed by atoms with E-state index in [-0.39, 0.29) is 12.2 Å². The van der Waals surface area contributed by atoms with Gasteiger partial charge in [0.25, 0.3) is 0 Å². The van der Waals surface area contributed by atoms with Gasteiger partial charge in [0.05, 0.1) is 14.2 Å². The van der Waals surface area contributed by atoms with Gasteiger partial charge in [-0.1, -0.05) is 6.07 Å². The Labute approximate surface area is 105 Å². The third-order valence-corrected chi connectivity index (χ3v) is 2.65. The Bertz CT molecular complexity index is 418. The second-order valence-electron chi connectivity index (χ2n) is 3.88. The molecule has 0 saturated heterocycles. The van der Waals surface area contributed by atoms with Crippen molar-refractivity contribution in [1.82, 2.24) is 0 Å². The number of carboxylic acid groups (broad SMARTS) is 1. The Balaban J connectivity index is 2.69. The van der Waals surface area contributed by atoms with Gasteiger partial charge in [0.2, 0.25) is 0 Å². The van der Waals surface area contributed by atoms with Crippen LogP contribution in [0.3, 0.4) is 0 Å². The van der Waals surface area contributed by atoms with Crippen molar-refractivity contribution >= 4 is 5.97 Å². The minimum atomic E-state index is -0.831. The molecule has 0 aliphatic carbocycles. The van der Waals surface area contributed by atoms with E-state index in [1.54, 1.807) is 12.1 Å². The van der Waals surface area contributed by atoms with Gasteiger partial charge in [0.15, 0.2) is 17.3 Å². The molecule has 0 unspecified atom stereocenters. The molecule has 0 fully saturated rings. The van der Waals surface area contributed by atoms with Crippen molar-refractivity contribution in [2.45, 2.75) is 25.7 Å². The highest BCUT2D eigenvalue weighted by Crippen LogP contribution is 2.32. The van der Waals surface area contributed by atoms with Crippen molar-refractivity contribution in [3.8, 4) is 11.5 Å². The summed E-state index contributed by atoms with van der Waals surface area (Å²) in [7, 11) is 2.83. The van der Waals surface area contributed by atoms with Crippen molar-refractivity contribution in [3.63, 3.8) is 0 Å². The molecule has 1 rings (SSSR count). The Morgan fingerprint density at radius 1 is 1.28 bits per heavy atom. The topological polar surface area (TPSA) is 55.8 Å². The molecule has 1 aromatic rings. The smallest absolute Gasteiger partial charge is 0.303 e. The zero-order valence-corrected chi connectivity index (χ0v) is 10.5. The summed E-state index contributed by atoms with van der Waals surface area (Å²) in [6.45, 7) is 0. The van der Waals surface area contributed by atoms with Crippen LogP contribution in [0.2, 0.25) is 0 Å². The minimum Gasteiger partial charge on any atom is -0.493 e. The van der Waals surface area contributed by atoms with E-state index in [1.165, 1.54) is 14.2 Å². The largest absolute Gasteiger partial charge is 0.493 e. The molecule has 0 amide bonds. The summed E-state index contributed by atoms with van der Waals surface area (Å²) < 4.78 is 23.9. The fourth-order valence-electron chi connectivity index (χ4n) is 1.71. The van der Waals surface area contributed by atoms with Crippen LogP contribution in [-0.4, -0.2) is 25.3 Å². The number of ether oxygens (including phenoxy) is 2. The van der Waals surface area contributed by atoms with Crippen LogP contribution in [0.5, 0.6) is 11.5 Å². The Morgan fingerprint density at radius 2 is 2.00 bits per heavy atom. The number of hydrogen-bond donors (Lipinski definition) is 1. The summed E-state index contributed by atoms with van der Waals surface area (Å²) >= 11 is 0. The SMILES string of the molecule is COc1ccc(CCCCC(=O)O)c(F)c1OC. The van der Waals surface area contributed by atoms with Gasteiger partial charge >= 0.3 is 5.97 Å². The van der Waals surface area contributed by atoms with Crippen LogP contribution >= 0.6 is 0 Å². The van der Waals surface area contributed by atoms with E-state index in [1.807, 2.05) is 0 Å². The molecule has 4 nitrogen and oxygen atoms in total. The number of carbonyl (C=O) groups is 1. The molecule has 0 spiro atoms. The number of unbranched alkanes of at least 4 members (excludes halogenated alkanes) is 1. The lowest BCUT2D eigenvalue weighted by molar-refractivity contribution is -0.137. The Kier molecular flexibility index (Phi) is 5.42. The summed E-state index contributed by atoms with van der Waals surface area (Å²) in [4.78, 5) is 10.4. The first-order valence-electron chi connectivity index (χ1n) is 5.71. The average molecular weight is 256 g/mol. The minimum absolute atomic E-state index is 0.0910. The van der Waals surface area contributed by atoms with Gasteiger partial charge in [0, 0.05) is 6.42 Å². The van der Waals surface area contributed by atoms with Gasteiger partial charge in [-0.25, -0.2) is 4.39 Å². The van der Waals surface area contributed by atoms with Crippen LogP contribution in [0.4, 0.5) is 4.39 Å². The van der Waals surface area contributed by atoms with Crippen molar-refractivity contribution in [2.75, 3.05) is 14.2 Å². The van der Waals surface area contributed by atoms with Gasteiger partial charge in [0.1, 0.15) is 0 Å². The maximum atomic E-state index is 14.0. The lowest BCUT2D eigenvalue weighted by atomic mass is 10.1. The fourth-order valence-corrected chi connectivity index (χ4v) is 1.71. The summed E-state index contributed by atoms with van der Waals surface area (Å²) in [6, 6.07) is 3.28. The molecule has 100 valence electrons. The highest BCUT2D eigenvalue weighted by molar-refractivity contribution is 5.66. The quantitative estimate of drug-likeness (QED) is 0.762. The Morgan fingerprint density at radius 3 is 2.56 bits per heavy atom. The van der Waals surface area contributed by atoms with Gasteiger partial charge in [-0.3, -0.25) is 4.79 Å². The molecule has 5 heteroatoms. The van der Waals surface area contributed by atoms with Gasteiger partial charge in [-0.15, -0.1) is 0 Å². The highest BCUT2D eigenvalue weighted by Gasteiger charge is 2.14. The maximum Gasteiger partial charge on any atom is 0.303 e. The third-order valence-electron chi connectivity index (χ3n) is 2.65. The first-order chi connectivity index (χ1) is 8.60. The van der Waals surface area contributed by atoms with Crippen LogP contribution in [0.25, 0.3) is 0 Å². The van der Waals surface area contributed by atoms with E-state index in [0.29, 0.717) is 30.6 Å². The van der Waals surface area contributed by atoms with E-state index >= 15 is 0 Å². The van der Waals surface area contributed by atoms with Crippen molar-refractivity contribution in [2.24, 2.45) is 0 Å². The van der Waals surface area contributed by atoms with Crippen molar-refractivity contribution < 1.29 is 23.8 Å². The van der Waals surface area contributed by atoms with Gasteiger partial charge in [-0.2, -0.15) is 0 Å². The number of methoxy groups -OCH3 is 2. The maximum absolute atomic E-state index is 14.0. The number of halogens is 1. The van der Waals surface area contributed by atoms with Gasteiger partial charge < -0.3 is 14.6 Å². The molecule has 1 aromatic carbocycles. The van der Waals surface area contributed by atoms with E-state index in [9.17, 15) is 9.18 Å². The molecule has 0 radical (unpaired) electrons. The molecule has 18 heavy (non-hydrogen) atoms. The van der Waals surface area contributed by atoms with E-state index in [4.69, 9.17) is 14.6 Å². The summed E-state index contributed by atoms with van der Waals surface area (Å²) in [5.74, 6) is -0.826. The molecule has 0 aliphatic rings. The van der Waals surface area contributed by atoms with Crippen molar-refractivity contribution in [3.05, 3.63) is 23.5 Å². The standard InChI is InChI=1S/C13H17FO4/c1-17-10-8-7-9(12(14)13(10)18-2)5-3-4-6-11(15)16/h7-8H,3-6H2,1-2H3,(H,15,16). The molecule has 0 heterocycles. The second kappa shape index (κ2) is 6.83. The average Bonchev–Trinajstić information content (AvgIpc) is 2.35. The van der Waals surface area contributed by atoms with E-state index < -0.39 is 11.8 Å². The lowest BCUT2D eigenvalue weighted by Gasteiger charge is -2.11. The first kappa shape index (κ1) is 14.3. The number of carboxylic acids is 1. The molecule has 1 N–H and O–H groups in total. The molecule has 0 bridgehead atoms. The monoisotopic (exact) mass is 256 g/mol.